The number of ether oxygens (including phenoxy) is 2. The van der Waals surface area contributed by atoms with Crippen LogP contribution >= 0.6 is 23.2 Å². The van der Waals surface area contributed by atoms with E-state index in [0.29, 0.717) is 44.0 Å². The van der Waals surface area contributed by atoms with Gasteiger partial charge in [-0.25, -0.2) is 4.79 Å². The number of furan rings is 1. The molecular formula is C22H15Cl2NO5. The van der Waals surface area contributed by atoms with Gasteiger partial charge in [-0.15, -0.1) is 0 Å². The lowest BCUT2D eigenvalue weighted by atomic mass is 10.0. The van der Waals surface area contributed by atoms with Crippen molar-refractivity contribution in [1.29, 1.82) is 5.26 Å². The molecule has 3 aromatic rings. The third-order valence-corrected chi connectivity index (χ3v) is 4.63. The van der Waals surface area contributed by atoms with E-state index in [2.05, 4.69) is 6.07 Å². The Labute approximate surface area is 182 Å². The van der Waals surface area contributed by atoms with E-state index in [1.54, 1.807) is 42.5 Å². The number of allylic oxidation sites excluding steroid dienone is 1. The second kappa shape index (κ2) is 9.40. The maximum Gasteiger partial charge on any atom is 0.371 e. The predicted molar refractivity (Wildman–Crippen MR) is 113 cm³/mol. The fourth-order valence-corrected chi connectivity index (χ4v) is 3.17. The minimum atomic E-state index is -1.15. The summed E-state index contributed by atoms with van der Waals surface area (Å²) in [7, 11) is 1.49. The first-order chi connectivity index (χ1) is 14.4. The molecule has 0 bridgehead atoms. The number of carbonyl (C=O) groups is 1. The van der Waals surface area contributed by atoms with Crippen molar-refractivity contribution in [3.63, 3.8) is 0 Å². The van der Waals surface area contributed by atoms with Crippen LogP contribution in [0.2, 0.25) is 10.0 Å². The molecule has 0 atom stereocenters. The van der Waals surface area contributed by atoms with Crippen LogP contribution < -0.4 is 9.47 Å². The smallest absolute Gasteiger partial charge is 0.371 e. The number of carboxylic acid groups (broad SMARTS) is 1. The Morgan fingerprint density at radius 1 is 1.17 bits per heavy atom. The summed E-state index contributed by atoms with van der Waals surface area (Å²) >= 11 is 12.1. The summed E-state index contributed by atoms with van der Waals surface area (Å²) < 4.78 is 16.2. The highest BCUT2D eigenvalue weighted by Gasteiger charge is 2.12. The fraction of sp³-hybridized carbons (Fsp3) is 0.0909. The van der Waals surface area contributed by atoms with Crippen molar-refractivity contribution in [2.45, 2.75) is 6.61 Å². The second-order valence-electron chi connectivity index (χ2n) is 6.06. The van der Waals surface area contributed by atoms with Gasteiger partial charge >= 0.3 is 5.97 Å². The lowest BCUT2D eigenvalue weighted by Crippen LogP contribution is -1.97. The average molecular weight is 444 g/mol. The summed E-state index contributed by atoms with van der Waals surface area (Å²) in [5.74, 6) is -0.0724. The van der Waals surface area contributed by atoms with Crippen LogP contribution in [0.5, 0.6) is 11.5 Å². The third-order valence-electron chi connectivity index (χ3n) is 4.08. The number of hydrogen-bond acceptors (Lipinski definition) is 5. The van der Waals surface area contributed by atoms with Crippen molar-refractivity contribution in [1.82, 2.24) is 0 Å². The zero-order valence-corrected chi connectivity index (χ0v) is 17.2. The first kappa shape index (κ1) is 21.3. The lowest BCUT2D eigenvalue weighted by molar-refractivity contribution is 0.0658. The maximum atomic E-state index is 10.9. The van der Waals surface area contributed by atoms with Crippen molar-refractivity contribution < 1.29 is 23.8 Å². The van der Waals surface area contributed by atoms with E-state index in [-0.39, 0.29) is 12.4 Å². The lowest BCUT2D eigenvalue weighted by Gasteiger charge is -2.11. The van der Waals surface area contributed by atoms with E-state index in [1.165, 1.54) is 19.2 Å². The Hall–Kier alpha value is -3.40. The quantitative estimate of drug-likeness (QED) is 0.358. The van der Waals surface area contributed by atoms with E-state index >= 15 is 0 Å². The van der Waals surface area contributed by atoms with E-state index in [0.717, 1.165) is 0 Å². The summed E-state index contributed by atoms with van der Waals surface area (Å²) in [6.45, 7) is 0.0304. The molecule has 0 aliphatic heterocycles. The van der Waals surface area contributed by atoms with Gasteiger partial charge in [-0.05, 0) is 48.0 Å². The molecule has 0 amide bonds. The number of aromatic carboxylic acids is 1. The highest BCUT2D eigenvalue weighted by molar-refractivity contribution is 6.36. The van der Waals surface area contributed by atoms with Crippen LogP contribution in [0.25, 0.3) is 11.6 Å². The molecule has 0 fully saturated rings. The highest BCUT2D eigenvalue weighted by atomic mass is 35.5. The minimum Gasteiger partial charge on any atom is -0.493 e. The molecule has 0 spiro atoms. The molecule has 30 heavy (non-hydrogen) atoms. The molecule has 0 unspecified atom stereocenters. The van der Waals surface area contributed by atoms with Gasteiger partial charge in [0.15, 0.2) is 11.5 Å². The normalized spacial score (nSPS) is 11.1. The summed E-state index contributed by atoms with van der Waals surface area (Å²) in [6, 6.07) is 15.1. The summed E-state index contributed by atoms with van der Waals surface area (Å²) in [4.78, 5) is 10.9. The molecule has 0 saturated carbocycles. The Bertz CT molecular complexity index is 1160. The van der Waals surface area contributed by atoms with Gasteiger partial charge in [0.05, 0.1) is 23.8 Å². The van der Waals surface area contributed by atoms with Gasteiger partial charge in [-0.3, -0.25) is 0 Å². The largest absolute Gasteiger partial charge is 0.493 e. The SMILES string of the molecule is COc1cc(/C=C(/C#N)c2ccc(Cl)cc2Cl)ccc1OCc1ccc(C(=O)O)o1. The summed E-state index contributed by atoms with van der Waals surface area (Å²) in [5.41, 5.74) is 1.63. The number of rotatable bonds is 7. The molecule has 0 aliphatic carbocycles. The van der Waals surface area contributed by atoms with E-state index in [1.807, 2.05) is 0 Å². The predicted octanol–water partition coefficient (Wildman–Crippen LogP) is 5.94. The monoisotopic (exact) mass is 443 g/mol. The fourth-order valence-electron chi connectivity index (χ4n) is 2.66. The molecular weight excluding hydrogens is 429 g/mol. The summed E-state index contributed by atoms with van der Waals surface area (Å²) in [5, 5.41) is 19.3. The molecule has 152 valence electrons. The molecule has 1 N–H and O–H groups in total. The number of nitriles is 1. The van der Waals surface area contributed by atoms with Gasteiger partial charge in [0.1, 0.15) is 12.4 Å². The average Bonchev–Trinajstić information content (AvgIpc) is 3.20. The van der Waals surface area contributed by atoms with Crippen LogP contribution in [0.4, 0.5) is 0 Å². The molecule has 2 aromatic carbocycles. The minimum absolute atomic E-state index is 0.0304. The number of halogens is 2. The second-order valence-corrected chi connectivity index (χ2v) is 6.91. The van der Waals surface area contributed by atoms with E-state index in [4.69, 9.17) is 42.2 Å². The van der Waals surface area contributed by atoms with E-state index < -0.39 is 5.97 Å². The summed E-state index contributed by atoms with van der Waals surface area (Å²) in [6.07, 6.45) is 1.67. The number of benzene rings is 2. The number of nitrogens with zero attached hydrogens (tertiary/aromatic N) is 1. The van der Waals surface area contributed by atoms with Gasteiger partial charge in [0.2, 0.25) is 5.76 Å². The molecule has 6 nitrogen and oxygen atoms in total. The zero-order chi connectivity index (χ0) is 21.7. The molecule has 1 aromatic heterocycles. The van der Waals surface area contributed by atoms with Crippen LogP contribution in [0.3, 0.4) is 0 Å². The Morgan fingerprint density at radius 2 is 1.97 bits per heavy atom. The molecule has 0 radical (unpaired) electrons. The van der Waals surface area contributed by atoms with Crippen molar-refractivity contribution in [3.8, 4) is 17.6 Å². The maximum absolute atomic E-state index is 10.9. The Balaban J connectivity index is 1.82. The van der Waals surface area contributed by atoms with Crippen molar-refractivity contribution >= 4 is 40.8 Å². The van der Waals surface area contributed by atoms with Crippen LogP contribution in [0.1, 0.15) is 27.4 Å². The van der Waals surface area contributed by atoms with Gasteiger partial charge in [-0.1, -0.05) is 35.3 Å². The first-order valence-corrected chi connectivity index (χ1v) is 9.37. The highest BCUT2D eigenvalue weighted by Crippen LogP contribution is 2.32. The molecule has 0 saturated heterocycles. The van der Waals surface area contributed by atoms with Crippen LogP contribution in [0.15, 0.2) is 52.9 Å². The molecule has 0 aliphatic rings. The third kappa shape index (κ3) is 4.95. The molecule has 8 heteroatoms. The van der Waals surface area contributed by atoms with Crippen LogP contribution in [0, 0.1) is 11.3 Å². The molecule has 1 heterocycles. The standard InChI is InChI=1S/C22H15Cl2NO5/c1-28-21-9-13(8-14(11-25)17-5-3-15(23)10-18(17)24)2-6-19(21)29-12-16-4-7-20(30-16)22(26)27/h2-10H,12H2,1H3,(H,26,27)/b14-8-. The van der Waals surface area contributed by atoms with Crippen LogP contribution in [-0.4, -0.2) is 18.2 Å². The Morgan fingerprint density at radius 3 is 2.60 bits per heavy atom. The number of methoxy groups -OCH3 is 1. The van der Waals surface area contributed by atoms with Crippen molar-refractivity contribution in [2.24, 2.45) is 0 Å². The topological polar surface area (TPSA) is 92.7 Å². The van der Waals surface area contributed by atoms with E-state index in [9.17, 15) is 10.1 Å². The number of carboxylic acids is 1. The molecule has 3 rings (SSSR count). The van der Waals surface area contributed by atoms with Crippen molar-refractivity contribution in [2.75, 3.05) is 7.11 Å². The zero-order valence-electron chi connectivity index (χ0n) is 15.7. The Kier molecular flexibility index (Phi) is 6.68. The van der Waals surface area contributed by atoms with Crippen LogP contribution in [-0.2, 0) is 6.61 Å². The van der Waals surface area contributed by atoms with Gasteiger partial charge in [0.25, 0.3) is 0 Å². The van der Waals surface area contributed by atoms with Gasteiger partial charge in [-0.2, -0.15) is 5.26 Å². The van der Waals surface area contributed by atoms with Crippen molar-refractivity contribution in [3.05, 3.63) is 81.2 Å². The number of hydrogen-bond donors (Lipinski definition) is 1. The van der Waals surface area contributed by atoms with Gasteiger partial charge in [0, 0.05) is 10.6 Å². The van der Waals surface area contributed by atoms with Gasteiger partial charge < -0.3 is 19.0 Å². The first-order valence-electron chi connectivity index (χ1n) is 8.61.